The van der Waals surface area contributed by atoms with Crippen LogP contribution in [0.3, 0.4) is 0 Å². The molecule has 22 heavy (non-hydrogen) atoms. The van der Waals surface area contributed by atoms with Gasteiger partial charge in [0, 0.05) is 10.8 Å². The zero-order chi connectivity index (χ0) is 16.1. The van der Waals surface area contributed by atoms with Crippen LogP contribution >= 0.6 is 0 Å². The third kappa shape index (κ3) is 1.85. The van der Waals surface area contributed by atoms with Crippen LogP contribution in [0.1, 0.15) is 16.1 Å². The van der Waals surface area contributed by atoms with E-state index in [-0.39, 0.29) is 22.1 Å². The Morgan fingerprint density at radius 2 is 2.09 bits per heavy atom. The maximum atomic E-state index is 13.2. The molecule has 2 heterocycles. The highest BCUT2D eigenvalue weighted by Crippen LogP contribution is 2.40. The molecule has 9 heteroatoms. The molecule has 0 aliphatic heterocycles. The van der Waals surface area contributed by atoms with E-state index in [0.717, 1.165) is 30.1 Å². The lowest BCUT2D eigenvalue weighted by Crippen LogP contribution is -2.12. The number of aromatic nitrogens is 3. The molecule has 0 radical (unpaired) electrons. The Morgan fingerprint density at radius 3 is 2.73 bits per heavy atom. The first-order valence-electron chi connectivity index (χ1n) is 5.99. The van der Waals surface area contributed by atoms with E-state index in [9.17, 15) is 23.1 Å². The summed E-state index contributed by atoms with van der Waals surface area (Å²) in [6.07, 6.45) is -3.65. The standard InChI is InChI=1S/C13H8F3N3O3/c1-22-12(21)9-10(20)6-3-2-4-7(13(14,15)16)8(6)11-17-5-18-19(9)11/h2-5,20H,1H3. The van der Waals surface area contributed by atoms with Gasteiger partial charge in [-0.05, 0) is 6.07 Å². The average Bonchev–Trinajstić information content (AvgIpc) is 2.94. The fraction of sp³-hybridized carbons (Fsp3) is 0.154. The van der Waals surface area contributed by atoms with Crippen LogP contribution in [0.2, 0.25) is 0 Å². The number of nitrogens with zero attached hydrogens (tertiary/aromatic N) is 3. The molecule has 1 N–H and O–H groups in total. The lowest BCUT2D eigenvalue weighted by molar-refractivity contribution is -0.136. The summed E-state index contributed by atoms with van der Waals surface area (Å²) in [6, 6.07) is 3.27. The smallest absolute Gasteiger partial charge is 0.417 e. The third-order valence-corrected chi connectivity index (χ3v) is 3.21. The van der Waals surface area contributed by atoms with Crippen molar-refractivity contribution in [3.8, 4) is 5.75 Å². The van der Waals surface area contributed by atoms with Crippen molar-refractivity contribution in [3.05, 3.63) is 35.8 Å². The molecule has 3 aromatic rings. The average molecular weight is 311 g/mol. The van der Waals surface area contributed by atoms with Crippen molar-refractivity contribution >= 4 is 22.4 Å². The van der Waals surface area contributed by atoms with Crippen LogP contribution < -0.4 is 0 Å². The van der Waals surface area contributed by atoms with E-state index >= 15 is 0 Å². The van der Waals surface area contributed by atoms with Gasteiger partial charge in [0.1, 0.15) is 6.33 Å². The van der Waals surface area contributed by atoms with Gasteiger partial charge in [-0.25, -0.2) is 14.3 Å². The molecule has 0 saturated heterocycles. The van der Waals surface area contributed by atoms with Crippen molar-refractivity contribution in [3.63, 3.8) is 0 Å². The number of ether oxygens (including phenoxy) is 1. The first-order chi connectivity index (χ1) is 10.4. The lowest BCUT2D eigenvalue weighted by atomic mass is 10.0. The fourth-order valence-corrected chi connectivity index (χ4v) is 2.31. The van der Waals surface area contributed by atoms with E-state index in [1.807, 2.05) is 0 Å². The molecule has 0 bridgehead atoms. The molecule has 2 aromatic heterocycles. The summed E-state index contributed by atoms with van der Waals surface area (Å²) in [7, 11) is 1.08. The van der Waals surface area contributed by atoms with Crippen molar-refractivity contribution in [2.24, 2.45) is 0 Å². The zero-order valence-corrected chi connectivity index (χ0v) is 11.0. The van der Waals surface area contributed by atoms with E-state index < -0.39 is 23.5 Å². The molecule has 0 aliphatic rings. The molecule has 0 unspecified atom stereocenters. The molecule has 0 aliphatic carbocycles. The van der Waals surface area contributed by atoms with Crippen LogP contribution in [0.15, 0.2) is 24.5 Å². The molecule has 0 atom stereocenters. The summed E-state index contributed by atoms with van der Waals surface area (Å²) in [5.41, 5.74) is -1.56. The van der Waals surface area contributed by atoms with E-state index in [1.54, 1.807) is 0 Å². The molecule has 114 valence electrons. The van der Waals surface area contributed by atoms with Gasteiger partial charge in [0.15, 0.2) is 17.1 Å². The van der Waals surface area contributed by atoms with Crippen molar-refractivity contribution in [2.45, 2.75) is 6.18 Å². The minimum absolute atomic E-state index is 0.157. The number of carbonyl (C=O) groups is 1. The van der Waals surface area contributed by atoms with Crippen LogP contribution in [0.25, 0.3) is 16.4 Å². The highest BCUT2D eigenvalue weighted by molar-refractivity contribution is 6.06. The summed E-state index contributed by atoms with van der Waals surface area (Å²) in [5.74, 6) is -1.58. The Hall–Kier alpha value is -2.84. The zero-order valence-electron chi connectivity index (χ0n) is 11.0. The summed E-state index contributed by atoms with van der Waals surface area (Å²) in [6.45, 7) is 0. The van der Waals surface area contributed by atoms with Crippen molar-refractivity contribution in [1.29, 1.82) is 0 Å². The highest BCUT2D eigenvalue weighted by atomic mass is 19.4. The van der Waals surface area contributed by atoms with E-state index in [2.05, 4.69) is 14.8 Å². The van der Waals surface area contributed by atoms with Crippen LogP contribution in [0.5, 0.6) is 5.75 Å². The van der Waals surface area contributed by atoms with Gasteiger partial charge in [-0.2, -0.15) is 18.3 Å². The topological polar surface area (TPSA) is 76.7 Å². The number of esters is 1. The number of rotatable bonds is 1. The Bertz CT molecular complexity index is 902. The molecular formula is C13H8F3N3O3. The van der Waals surface area contributed by atoms with Crippen LogP contribution in [0, 0.1) is 0 Å². The number of benzene rings is 1. The Morgan fingerprint density at radius 1 is 1.36 bits per heavy atom. The largest absolute Gasteiger partial charge is 0.505 e. The molecule has 0 saturated carbocycles. The minimum Gasteiger partial charge on any atom is -0.505 e. The maximum absolute atomic E-state index is 13.2. The Kier molecular flexibility index (Phi) is 2.94. The second-order valence-corrected chi connectivity index (χ2v) is 4.41. The molecule has 0 fully saturated rings. The summed E-state index contributed by atoms with van der Waals surface area (Å²) < 4.78 is 44.9. The summed E-state index contributed by atoms with van der Waals surface area (Å²) in [4.78, 5) is 15.6. The number of alkyl halides is 3. The normalized spacial score (nSPS) is 12.0. The number of hydrogen-bond acceptors (Lipinski definition) is 5. The number of aromatic hydroxyl groups is 1. The fourth-order valence-electron chi connectivity index (χ4n) is 2.31. The van der Waals surface area contributed by atoms with Crippen LogP contribution in [-0.4, -0.2) is 32.8 Å². The second kappa shape index (κ2) is 4.58. The predicted octanol–water partition coefficient (Wildman–Crippen LogP) is 2.39. The van der Waals surface area contributed by atoms with Gasteiger partial charge in [-0.3, -0.25) is 0 Å². The minimum atomic E-state index is -4.65. The highest BCUT2D eigenvalue weighted by Gasteiger charge is 2.35. The lowest BCUT2D eigenvalue weighted by Gasteiger charge is -2.14. The Balaban J connectivity index is 2.57. The quantitative estimate of drug-likeness (QED) is 0.698. The molecule has 1 aromatic carbocycles. The SMILES string of the molecule is COC(=O)c1c(O)c2cccc(C(F)(F)F)c2c2ncnn12. The van der Waals surface area contributed by atoms with Gasteiger partial charge in [0.05, 0.1) is 12.7 Å². The number of fused-ring (bicyclic) bond motifs is 3. The molecule has 0 spiro atoms. The van der Waals surface area contributed by atoms with Crippen molar-refractivity contribution in [1.82, 2.24) is 14.6 Å². The van der Waals surface area contributed by atoms with E-state index in [4.69, 9.17) is 0 Å². The molecular weight excluding hydrogens is 303 g/mol. The van der Waals surface area contributed by atoms with Crippen molar-refractivity contribution in [2.75, 3.05) is 7.11 Å². The van der Waals surface area contributed by atoms with Gasteiger partial charge in [-0.1, -0.05) is 12.1 Å². The number of halogens is 3. The van der Waals surface area contributed by atoms with Gasteiger partial charge in [0.25, 0.3) is 0 Å². The van der Waals surface area contributed by atoms with Crippen molar-refractivity contribution < 1.29 is 27.8 Å². The number of hydrogen-bond donors (Lipinski definition) is 1. The van der Waals surface area contributed by atoms with Gasteiger partial charge in [0.2, 0.25) is 0 Å². The predicted molar refractivity (Wildman–Crippen MR) is 68.5 cm³/mol. The second-order valence-electron chi connectivity index (χ2n) is 4.41. The number of carbonyl (C=O) groups excluding carboxylic acids is 1. The maximum Gasteiger partial charge on any atom is 0.417 e. The van der Waals surface area contributed by atoms with Crippen LogP contribution in [0.4, 0.5) is 13.2 Å². The van der Waals surface area contributed by atoms with Crippen LogP contribution in [-0.2, 0) is 10.9 Å². The van der Waals surface area contributed by atoms with Gasteiger partial charge < -0.3 is 9.84 Å². The third-order valence-electron chi connectivity index (χ3n) is 3.21. The molecule has 3 rings (SSSR count). The summed E-state index contributed by atoms with van der Waals surface area (Å²) >= 11 is 0. The first-order valence-corrected chi connectivity index (χ1v) is 5.99. The monoisotopic (exact) mass is 311 g/mol. The molecule has 6 nitrogen and oxygen atoms in total. The van der Waals surface area contributed by atoms with Gasteiger partial charge in [-0.15, -0.1) is 0 Å². The first kappa shape index (κ1) is 14.1. The molecule has 0 amide bonds. The number of pyridine rings is 1. The van der Waals surface area contributed by atoms with Gasteiger partial charge >= 0.3 is 12.1 Å². The Labute approximate surface area is 120 Å². The van der Waals surface area contributed by atoms with E-state index in [1.165, 1.54) is 6.07 Å². The summed E-state index contributed by atoms with van der Waals surface area (Å²) in [5, 5.41) is 13.4. The van der Waals surface area contributed by atoms with E-state index in [0.29, 0.717) is 0 Å². The number of methoxy groups -OCH3 is 1.